The maximum absolute atomic E-state index is 10.8. The molecule has 1 aromatic carbocycles. The maximum atomic E-state index is 10.8. The van der Waals surface area contributed by atoms with Gasteiger partial charge in [0.05, 0.1) is 15.8 Å². The fraction of sp³-hybridized carbons (Fsp3) is 0.100. The molecule has 0 unspecified atom stereocenters. The molecule has 1 aromatic heterocycles. The Kier molecular flexibility index (Phi) is 2.35. The molecule has 0 N–H and O–H groups in total. The van der Waals surface area contributed by atoms with Crippen LogP contribution in [-0.2, 0) is 0 Å². The number of benzene rings is 1. The summed E-state index contributed by atoms with van der Waals surface area (Å²) in [4.78, 5) is 21.0. The number of carbonyl (C=O) groups excluding carboxylic acids is 1. The van der Waals surface area contributed by atoms with Crippen LogP contribution in [0.2, 0.25) is 0 Å². The zero-order chi connectivity index (χ0) is 11.9. The summed E-state index contributed by atoms with van der Waals surface area (Å²) in [6.45, 7) is 1.62. The third kappa shape index (κ3) is 1.53. The molecular formula is C10H6NO4S-. The van der Waals surface area contributed by atoms with Crippen LogP contribution in [0, 0.1) is 17.0 Å². The van der Waals surface area contributed by atoms with Gasteiger partial charge in [0.2, 0.25) is 0 Å². The van der Waals surface area contributed by atoms with Crippen LogP contribution in [0.5, 0.6) is 0 Å². The summed E-state index contributed by atoms with van der Waals surface area (Å²) in [7, 11) is 0. The number of hydrogen-bond donors (Lipinski definition) is 0. The van der Waals surface area contributed by atoms with Gasteiger partial charge in [0.25, 0.3) is 5.69 Å². The zero-order valence-electron chi connectivity index (χ0n) is 8.22. The van der Waals surface area contributed by atoms with Crippen LogP contribution in [0.3, 0.4) is 0 Å². The topological polar surface area (TPSA) is 83.3 Å². The molecule has 0 saturated heterocycles. The highest BCUT2D eigenvalue weighted by Gasteiger charge is 2.13. The normalized spacial score (nSPS) is 10.6. The number of rotatable bonds is 2. The number of carboxylic acid groups (broad SMARTS) is 1. The van der Waals surface area contributed by atoms with Crippen LogP contribution in [0.4, 0.5) is 5.69 Å². The Morgan fingerprint density at radius 1 is 1.44 bits per heavy atom. The highest BCUT2D eigenvalue weighted by Crippen LogP contribution is 2.32. The van der Waals surface area contributed by atoms with E-state index in [-0.39, 0.29) is 10.6 Å². The van der Waals surface area contributed by atoms with E-state index in [4.69, 9.17) is 0 Å². The summed E-state index contributed by atoms with van der Waals surface area (Å²) >= 11 is 1.07. The summed E-state index contributed by atoms with van der Waals surface area (Å²) in [5, 5.41) is 21.9. The number of carboxylic acids is 1. The molecule has 0 aliphatic carbocycles. The van der Waals surface area contributed by atoms with E-state index >= 15 is 0 Å². The van der Waals surface area contributed by atoms with Crippen LogP contribution in [-0.4, -0.2) is 10.9 Å². The molecule has 0 radical (unpaired) electrons. The smallest absolute Gasteiger partial charge is 0.270 e. The van der Waals surface area contributed by atoms with Crippen molar-refractivity contribution < 1.29 is 14.8 Å². The van der Waals surface area contributed by atoms with Crippen LogP contribution in [0.1, 0.15) is 15.2 Å². The van der Waals surface area contributed by atoms with Gasteiger partial charge in [0.15, 0.2) is 0 Å². The second kappa shape index (κ2) is 3.57. The number of carbonyl (C=O) groups is 1. The predicted octanol–water partition coefficient (Wildman–Crippen LogP) is 1.48. The van der Waals surface area contributed by atoms with E-state index in [1.807, 2.05) is 0 Å². The summed E-state index contributed by atoms with van der Waals surface area (Å²) < 4.78 is 0.710. The van der Waals surface area contributed by atoms with Crippen molar-refractivity contribution in [2.24, 2.45) is 0 Å². The van der Waals surface area contributed by atoms with Gasteiger partial charge in [-0.15, -0.1) is 11.3 Å². The van der Waals surface area contributed by atoms with Crippen molar-refractivity contribution in [2.45, 2.75) is 6.92 Å². The molecule has 6 heteroatoms. The van der Waals surface area contributed by atoms with Gasteiger partial charge >= 0.3 is 0 Å². The lowest BCUT2D eigenvalue weighted by Crippen LogP contribution is -2.21. The molecule has 0 fully saturated rings. The Balaban J connectivity index is 2.73. The molecule has 0 saturated carbocycles. The minimum absolute atomic E-state index is 0.0432. The predicted molar refractivity (Wildman–Crippen MR) is 57.5 cm³/mol. The first-order valence-electron chi connectivity index (χ1n) is 4.39. The van der Waals surface area contributed by atoms with Crippen LogP contribution >= 0.6 is 11.3 Å². The Morgan fingerprint density at radius 3 is 2.69 bits per heavy atom. The van der Waals surface area contributed by atoms with Crippen LogP contribution in [0.25, 0.3) is 10.1 Å². The Hall–Kier alpha value is -1.95. The highest BCUT2D eigenvalue weighted by atomic mass is 32.1. The van der Waals surface area contributed by atoms with E-state index in [0.717, 1.165) is 11.3 Å². The van der Waals surface area contributed by atoms with Gasteiger partial charge in [0.1, 0.15) is 0 Å². The molecular weight excluding hydrogens is 230 g/mol. The quantitative estimate of drug-likeness (QED) is 0.584. The number of hydrogen-bond acceptors (Lipinski definition) is 5. The number of nitro benzene ring substituents is 1. The largest absolute Gasteiger partial charge is 0.544 e. The van der Waals surface area contributed by atoms with Crippen molar-refractivity contribution in [1.29, 1.82) is 0 Å². The maximum Gasteiger partial charge on any atom is 0.270 e. The first-order chi connectivity index (χ1) is 7.50. The number of aromatic carboxylic acids is 1. The molecule has 5 nitrogen and oxygen atoms in total. The van der Waals surface area contributed by atoms with E-state index < -0.39 is 10.9 Å². The molecule has 0 atom stereocenters. The fourth-order valence-electron chi connectivity index (χ4n) is 1.52. The third-order valence-electron chi connectivity index (χ3n) is 2.32. The summed E-state index contributed by atoms with van der Waals surface area (Å²) in [6.07, 6.45) is 0. The Labute approximate surface area is 94.1 Å². The van der Waals surface area contributed by atoms with E-state index in [1.165, 1.54) is 12.1 Å². The first-order valence-corrected chi connectivity index (χ1v) is 5.21. The van der Waals surface area contributed by atoms with Gasteiger partial charge in [0, 0.05) is 22.2 Å². The van der Waals surface area contributed by atoms with E-state index in [1.54, 1.807) is 13.0 Å². The first kappa shape index (κ1) is 10.6. The SMILES string of the molecule is Cc1c(C(=O)[O-])sc2ccc([N+](=O)[O-])cc12. The zero-order valence-corrected chi connectivity index (χ0v) is 9.04. The van der Waals surface area contributed by atoms with E-state index in [9.17, 15) is 20.0 Å². The molecule has 82 valence electrons. The molecule has 0 aliphatic rings. The number of nitro groups is 1. The minimum atomic E-state index is -1.25. The standard InChI is InChI=1S/C10H7NO4S/c1-5-7-4-6(11(14)15)2-3-8(7)16-9(5)10(12)13/h2-4H,1H3,(H,12,13)/p-1. The summed E-state index contributed by atoms with van der Waals surface area (Å²) in [6, 6.07) is 4.29. The van der Waals surface area contributed by atoms with Gasteiger partial charge in [-0.05, 0) is 18.6 Å². The van der Waals surface area contributed by atoms with Crippen molar-refractivity contribution in [2.75, 3.05) is 0 Å². The molecule has 0 amide bonds. The molecule has 1 heterocycles. The number of nitrogens with zero attached hydrogens (tertiary/aromatic N) is 1. The Morgan fingerprint density at radius 2 is 2.12 bits per heavy atom. The van der Waals surface area contributed by atoms with Crippen LogP contribution in [0.15, 0.2) is 18.2 Å². The average molecular weight is 236 g/mol. The lowest BCUT2D eigenvalue weighted by atomic mass is 10.1. The van der Waals surface area contributed by atoms with Gasteiger partial charge < -0.3 is 9.90 Å². The second-order valence-corrected chi connectivity index (χ2v) is 4.33. The van der Waals surface area contributed by atoms with Crippen molar-refractivity contribution >= 4 is 33.1 Å². The number of non-ortho nitro benzene ring substituents is 1. The van der Waals surface area contributed by atoms with Crippen molar-refractivity contribution in [3.05, 3.63) is 38.8 Å². The second-order valence-electron chi connectivity index (χ2n) is 3.28. The number of aryl methyl sites for hydroxylation is 1. The Bertz CT molecular complexity index is 602. The molecule has 16 heavy (non-hydrogen) atoms. The molecule has 0 spiro atoms. The molecule has 2 rings (SSSR count). The lowest BCUT2D eigenvalue weighted by Gasteiger charge is -1.98. The highest BCUT2D eigenvalue weighted by molar-refractivity contribution is 7.21. The van der Waals surface area contributed by atoms with Gasteiger partial charge in [-0.25, -0.2) is 0 Å². The summed E-state index contributed by atoms with van der Waals surface area (Å²) in [5.74, 6) is -1.25. The van der Waals surface area contributed by atoms with Gasteiger partial charge in [-0.3, -0.25) is 10.1 Å². The van der Waals surface area contributed by atoms with Crippen molar-refractivity contribution in [1.82, 2.24) is 0 Å². The average Bonchev–Trinajstić information content (AvgIpc) is 2.56. The van der Waals surface area contributed by atoms with Gasteiger partial charge in [-0.1, -0.05) is 0 Å². The van der Waals surface area contributed by atoms with Crippen molar-refractivity contribution in [3.8, 4) is 0 Å². The fourth-order valence-corrected chi connectivity index (χ4v) is 2.54. The van der Waals surface area contributed by atoms with Crippen molar-refractivity contribution in [3.63, 3.8) is 0 Å². The lowest BCUT2D eigenvalue weighted by molar-refractivity contribution is -0.384. The molecule has 0 bridgehead atoms. The molecule has 2 aromatic rings. The van der Waals surface area contributed by atoms with Gasteiger partial charge in [-0.2, -0.15) is 0 Å². The van der Waals surface area contributed by atoms with Crippen LogP contribution < -0.4 is 5.11 Å². The van der Waals surface area contributed by atoms with E-state index in [2.05, 4.69) is 0 Å². The minimum Gasteiger partial charge on any atom is -0.544 e. The van der Waals surface area contributed by atoms with E-state index in [0.29, 0.717) is 15.6 Å². The number of fused-ring (bicyclic) bond motifs is 1. The molecule has 0 aliphatic heterocycles. The summed E-state index contributed by atoms with van der Waals surface area (Å²) in [5.41, 5.74) is 0.474. The monoisotopic (exact) mass is 236 g/mol. The third-order valence-corrected chi connectivity index (χ3v) is 3.57. The number of thiophene rings is 1.